The van der Waals surface area contributed by atoms with Gasteiger partial charge in [-0.25, -0.2) is 4.39 Å². The highest BCUT2D eigenvalue weighted by atomic mass is 19.1. The van der Waals surface area contributed by atoms with Crippen LogP contribution in [0.3, 0.4) is 0 Å². The lowest BCUT2D eigenvalue weighted by atomic mass is 9.99. The van der Waals surface area contributed by atoms with Crippen molar-refractivity contribution in [3.05, 3.63) is 48.0 Å². The van der Waals surface area contributed by atoms with Crippen LogP contribution in [0, 0.1) is 11.7 Å². The largest absolute Gasteiger partial charge is 0.491 e. The van der Waals surface area contributed by atoms with Crippen molar-refractivity contribution in [3.63, 3.8) is 0 Å². The van der Waals surface area contributed by atoms with E-state index in [1.807, 2.05) is 29.6 Å². The zero-order chi connectivity index (χ0) is 18.3. The Balaban J connectivity index is 1.49. The minimum absolute atomic E-state index is 0.0387. The molecule has 0 spiro atoms. The van der Waals surface area contributed by atoms with Gasteiger partial charge in [0.05, 0.1) is 17.8 Å². The summed E-state index contributed by atoms with van der Waals surface area (Å²) < 4.78 is 20.7. The molecule has 1 aliphatic carbocycles. The highest BCUT2D eigenvalue weighted by molar-refractivity contribution is 5.94. The van der Waals surface area contributed by atoms with Crippen LogP contribution in [0.1, 0.15) is 49.5 Å². The van der Waals surface area contributed by atoms with Gasteiger partial charge in [0, 0.05) is 18.3 Å². The maximum atomic E-state index is 13.1. The van der Waals surface area contributed by atoms with Gasteiger partial charge in [0.15, 0.2) is 0 Å². The Hall–Kier alpha value is -2.37. The van der Waals surface area contributed by atoms with Crippen LogP contribution in [0.4, 0.5) is 4.39 Å². The molecule has 5 nitrogen and oxygen atoms in total. The maximum Gasteiger partial charge on any atom is 0.257 e. The predicted octanol–water partition coefficient (Wildman–Crippen LogP) is 3.68. The monoisotopic (exact) mass is 357 g/mol. The third kappa shape index (κ3) is 3.08. The van der Waals surface area contributed by atoms with Crippen molar-refractivity contribution in [2.75, 3.05) is 6.61 Å². The molecule has 0 radical (unpaired) electrons. The molecular weight excluding hydrogens is 333 g/mol. The zero-order valence-electron chi connectivity index (χ0n) is 15.1. The molecular formula is C20H24FN3O2. The highest BCUT2D eigenvalue weighted by Crippen LogP contribution is 2.43. The first kappa shape index (κ1) is 17.1. The van der Waals surface area contributed by atoms with E-state index < -0.39 is 0 Å². The molecule has 4 rings (SSSR count). The van der Waals surface area contributed by atoms with Gasteiger partial charge in [-0.2, -0.15) is 5.10 Å². The lowest BCUT2D eigenvalue weighted by molar-refractivity contribution is 0.0505. The van der Waals surface area contributed by atoms with Crippen molar-refractivity contribution in [3.8, 4) is 5.75 Å². The highest BCUT2D eigenvalue weighted by Gasteiger charge is 2.48. The molecule has 1 aromatic carbocycles. The third-order valence-corrected chi connectivity index (χ3v) is 5.59. The van der Waals surface area contributed by atoms with E-state index in [2.05, 4.69) is 5.10 Å². The van der Waals surface area contributed by atoms with Gasteiger partial charge in [0.2, 0.25) is 0 Å². The first-order valence-electron chi connectivity index (χ1n) is 9.28. The molecule has 0 unspecified atom stereocenters. The van der Waals surface area contributed by atoms with Gasteiger partial charge < -0.3 is 9.64 Å². The Morgan fingerprint density at radius 3 is 2.77 bits per heavy atom. The second-order valence-electron chi connectivity index (χ2n) is 7.57. The van der Waals surface area contributed by atoms with Gasteiger partial charge >= 0.3 is 0 Å². The topological polar surface area (TPSA) is 47.4 Å². The normalized spacial score (nSPS) is 24.5. The number of halogens is 1. The molecule has 2 heterocycles. The van der Waals surface area contributed by atoms with E-state index in [1.165, 1.54) is 12.1 Å². The van der Waals surface area contributed by atoms with Crippen LogP contribution in [-0.4, -0.2) is 39.3 Å². The molecule has 138 valence electrons. The molecule has 2 aromatic rings. The lowest BCUT2D eigenvalue weighted by Crippen LogP contribution is -2.47. The summed E-state index contributed by atoms with van der Waals surface area (Å²) >= 11 is 0. The molecule has 0 N–H and O–H groups in total. The van der Waals surface area contributed by atoms with Crippen LogP contribution in [0.2, 0.25) is 0 Å². The van der Waals surface area contributed by atoms with Crippen molar-refractivity contribution in [1.82, 2.24) is 14.7 Å². The summed E-state index contributed by atoms with van der Waals surface area (Å²) in [5.41, 5.74) is 0.637. The van der Waals surface area contributed by atoms with Crippen LogP contribution in [0.25, 0.3) is 0 Å². The average molecular weight is 357 g/mol. The Morgan fingerprint density at radius 2 is 2.08 bits per heavy atom. The molecule has 2 fully saturated rings. The number of likely N-dealkylation sites (tertiary alicyclic amines) is 1. The van der Waals surface area contributed by atoms with Gasteiger partial charge in [-0.05, 0) is 63.3 Å². The minimum atomic E-state index is -0.281. The number of benzene rings is 1. The van der Waals surface area contributed by atoms with Gasteiger partial charge in [0.25, 0.3) is 5.91 Å². The summed E-state index contributed by atoms with van der Waals surface area (Å²) in [7, 11) is 0. The maximum absolute atomic E-state index is 13.1. The smallest absolute Gasteiger partial charge is 0.257 e. The van der Waals surface area contributed by atoms with Crippen LogP contribution in [-0.2, 0) is 0 Å². The molecule has 1 saturated heterocycles. The van der Waals surface area contributed by atoms with Crippen molar-refractivity contribution in [1.29, 1.82) is 0 Å². The summed E-state index contributed by atoms with van der Waals surface area (Å²) in [6.45, 7) is 4.52. The number of amides is 1. The van der Waals surface area contributed by atoms with Gasteiger partial charge in [-0.1, -0.05) is 0 Å². The second kappa shape index (κ2) is 6.74. The summed E-state index contributed by atoms with van der Waals surface area (Å²) in [6, 6.07) is 6.61. The Labute approximate surface area is 152 Å². The van der Waals surface area contributed by atoms with Crippen molar-refractivity contribution in [2.45, 2.75) is 51.2 Å². The van der Waals surface area contributed by atoms with E-state index >= 15 is 0 Å². The number of carbonyl (C=O) groups excluding carboxylic acids is 1. The van der Waals surface area contributed by atoms with Crippen molar-refractivity contribution >= 4 is 5.91 Å². The first-order valence-corrected chi connectivity index (χ1v) is 9.28. The third-order valence-electron chi connectivity index (χ3n) is 5.59. The summed E-state index contributed by atoms with van der Waals surface area (Å²) in [5.74, 6) is 0.867. The van der Waals surface area contributed by atoms with Crippen LogP contribution >= 0.6 is 0 Å². The summed E-state index contributed by atoms with van der Waals surface area (Å²) in [5, 5.41) is 4.30. The number of carbonyl (C=O) groups is 1. The molecule has 2 aliphatic rings. The molecule has 1 aromatic heterocycles. The van der Waals surface area contributed by atoms with Gasteiger partial charge in [-0.15, -0.1) is 0 Å². The molecule has 1 saturated carbocycles. The second-order valence-corrected chi connectivity index (χ2v) is 7.57. The van der Waals surface area contributed by atoms with E-state index in [-0.39, 0.29) is 29.8 Å². The Morgan fingerprint density at radius 1 is 1.31 bits per heavy atom. The molecule has 1 aliphatic heterocycles. The van der Waals surface area contributed by atoms with E-state index in [0.29, 0.717) is 23.8 Å². The fourth-order valence-electron chi connectivity index (χ4n) is 4.22. The lowest BCUT2D eigenvalue weighted by Gasteiger charge is -2.35. The number of ether oxygens (including phenoxy) is 1. The van der Waals surface area contributed by atoms with Crippen LogP contribution in [0.5, 0.6) is 5.75 Å². The number of nitrogens with zero attached hydrogens (tertiary/aromatic N) is 3. The number of fused-ring (bicyclic) bond motifs is 2. The Bertz CT molecular complexity index is 787. The molecule has 2 bridgehead atoms. The van der Waals surface area contributed by atoms with E-state index in [4.69, 9.17) is 4.74 Å². The fourth-order valence-corrected chi connectivity index (χ4v) is 4.22. The average Bonchev–Trinajstić information content (AvgIpc) is 3.36. The number of hydrogen-bond donors (Lipinski definition) is 0. The number of piperidine rings is 1. The quantitative estimate of drug-likeness (QED) is 0.820. The molecule has 3 atom stereocenters. The van der Waals surface area contributed by atoms with E-state index in [1.54, 1.807) is 18.3 Å². The van der Waals surface area contributed by atoms with E-state index in [9.17, 15) is 9.18 Å². The summed E-state index contributed by atoms with van der Waals surface area (Å²) in [4.78, 5) is 15.1. The van der Waals surface area contributed by atoms with Gasteiger partial charge in [0.1, 0.15) is 18.2 Å². The van der Waals surface area contributed by atoms with Gasteiger partial charge in [-0.3, -0.25) is 9.48 Å². The SMILES string of the molecule is CC(C)n1cc(C(=O)N2[C@H]3CC[C@H](C3)[C@H]2COc2ccc(F)cc2)cn1. The molecule has 1 amide bonds. The van der Waals surface area contributed by atoms with E-state index in [0.717, 1.165) is 19.3 Å². The minimum Gasteiger partial charge on any atom is -0.491 e. The van der Waals surface area contributed by atoms with Crippen LogP contribution < -0.4 is 4.74 Å². The first-order chi connectivity index (χ1) is 12.5. The number of aromatic nitrogens is 2. The zero-order valence-corrected chi connectivity index (χ0v) is 15.1. The molecule has 6 heteroatoms. The number of hydrogen-bond acceptors (Lipinski definition) is 3. The summed E-state index contributed by atoms with van der Waals surface area (Å²) in [6.07, 6.45) is 6.73. The Kier molecular flexibility index (Phi) is 4.42. The fraction of sp³-hybridized carbons (Fsp3) is 0.500. The van der Waals surface area contributed by atoms with Crippen molar-refractivity contribution in [2.24, 2.45) is 5.92 Å². The van der Waals surface area contributed by atoms with Crippen LogP contribution in [0.15, 0.2) is 36.7 Å². The number of rotatable bonds is 5. The molecule has 26 heavy (non-hydrogen) atoms. The predicted molar refractivity (Wildman–Crippen MR) is 95.6 cm³/mol. The van der Waals surface area contributed by atoms with Crippen molar-refractivity contribution < 1.29 is 13.9 Å². The standard InChI is InChI=1S/C20H24FN3O2/c1-13(2)23-11-15(10-22-23)20(25)24-17-6-3-14(9-17)19(24)12-26-18-7-4-16(21)5-8-18/h4-5,7-8,10-11,13-14,17,19H,3,6,9,12H2,1-2H3/t14-,17+,19-/m1/s1.